The Morgan fingerprint density at radius 2 is 1.93 bits per heavy atom. The first-order valence-corrected chi connectivity index (χ1v) is 4.00. The van der Waals surface area contributed by atoms with Crippen molar-refractivity contribution in [2.75, 3.05) is 0 Å². The second-order valence-electron chi connectivity index (χ2n) is 2.32. The number of carbonyl (C=O) groups is 1. The molecule has 0 atom stereocenters. The molecule has 0 aromatic carbocycles. The lowest BCUT2D eigenvalue weighted by Crippen LogP contribution is -2.23. The number of pyridine rings is 1. The minimum atomic E-state index is -4.98. The summed E-state index contributed by atoms with van der Waals surface area (Å²) in [7, 11) is 0. The molecule has 1 aromatic heterocycles. The zero-order valence-electron chi connectivity index (χ0n) is 6.40. The molecule has 0 bridgehead atoms. The van der Waals surface area contributed by atoms with Gasteiger partial charge < -0.3 is 0 Å². The molecule has 7 heteroatoms. The van der Waals surface area contributed by atoms with Gasteiger partial charge in [0.05, 0.1) is 10.6 Å². The van der Waals surface area contributed by atoms with Crippen molar-refractivity contribution >= 4 is 29.0 Å². The average Bonchev–Trinajstić information content (AvgIpc) is 2.06. The molecule has 1 rings (SSSR count). The number of hydrogen-bond donors (Lipinski definition) is 0. The van der Waals surface area contributed by atoms with Gasteiger partial charge in [-0.1, -0.05) is 23.2 Å². The van der Waals surface area contributed by atoms with E-state index in [-0.39, 0.29) is 5.02 Å². The van der Waals surface area contributed by atoms with Crippen LogP contribution in [0.15, 0.2) is 12.3 Å². The normalized spacial score (nSPS) is 11.5. The third-order valence-electron chi connectivity index (χ3n) is 1.31. The molecule has 2 nitrogen and oxygen atoms in total. The van der Waals surface area contributed by atoms with Crippen molar-refractivity contribution in [1.29, 1.82) is 0 Å². The van der Waals surface area contributed by atoms with Crippen LogP contribution < -0.4 is 0 Å². The van der Waals surface area contributed by atoms with Crippen LogP contribution in [0.4, 0.5) is 13.2 Å². The Labute approximate surface area is 86.6 Å². The molecule has 0 fully saturated rings. The molecule has 76 valence electrons. The van der Waals surface area contributed by atoms with E-state index < -0.39 is 22.7 Å². The zero-order valence-corrected chi connectivity index (χ0v) is 7.91. The summed E-state index contributed by atoms with van der Waals surface area (Å²) in [5, 5.41) is -0.598. The summed E-state index contributed by atoms with van der Waals surface area (Å²) in [5.74, 6) is -2.06. The zero-order chi connectivity index (χ0) is 10.9. The number of carbonyl (C=O) groups excluding carboxylic acids is 1. The molecule has 0 aliphatic carbocycles. The van der Waals surface area contributed by atoms with E-state index in [9.17, 15) is 18.0 Å². The number of rotatable bonds is 1. The van der Waals surface area contributed by atoms with Crippen LogP contribution in [0.2, 0.25) is 10.2 Å². The van der Waals surface area contributed by atoms with Crippen LogP contribution in [-0.2, 0) is 0 Å². The lowest BCUT2D eigenvalue weighted by Gasteiger charge is -2.05. The summed E-state index contributed by atoms with van der Waals surface area (Å²) in [6.07, 6.45) is -3.92. The Hall–Kier alpha value is -0.810. The third-order valence-corrected chi connectivity index (χ3v) is 1.82. The molecule has 14 heavy (non-hydrogen) atoms. The first kappa shape index (κ1) is 11.3. The number of hydrogen-bond acceptors (Lipinski definition) is 2. The van der Waals surface area contributed by atoms with Crippen LogP contribution in [0.1, 0.15) is 10.4 Å². The van der Waals surface area contributed by atoms with Crippen molar-refractivity contribution in [3.63, 3.8) is 0 Å². The number of nitrogens with zero attached hydrogens (tertiary/aromatic N) is 1. The van der Waals surface area contributed by atoms with E-state index in [4.69, 9.17) is 23.2 Å². The van der Waals surface area contributed by atoms with Gasteiger partial charge in [-0.15, -0.1) is 0 Å². The largest absolute Gasteiger partial charge is 0.454 e. The van der Waals surface area contributed by atoms with E-state index in [0.29, 0.717) is 0 Å². The fourth-order valence-electron chi connectivity index (χ4n) is 0.735. The molecule has 0 saturated carbocycles. The summed E-state index contributed by atoms with van der Waals surface area (Å²) in [4.78, 5) is 14.1. The predicted molar refractivity (Wildman–Crippen MR) is 44.6 cm³/mol. The predicted octanol–water partition coefficient (Wildman–Crippen LogP) is 3.13. The highest BCUT2D eigenvalue weighted by molar-refractivity contribution is 6.35. The molecule has 0 spiro atoms. The maximum absolute atomic E-state index is 12.0. The highest BCUT2D eigenvalue weighted by Gasteiger charge is 2.40. The first-order chi connectivity index (χ1) is 6.32. The smallest absolute Gasteiger partial charge is 0.284 e. The van der Waals surface area contributed by atoms with Crippen LogP contribution in [0.5, 0.6) is 0 Å². The van der Waals surface area contributed by atoms with E-state index in [2.05, 4.69) is 4.98 Å². The number of Topliss-reactive ketones (excluding diaryl/α,β-unsaturated/α-hetero) is 1. The Morgan fingerprint density at radius 1 is 1.36 bits per heavy atom. The minimum Gasteiger partial charge on any atom is -0.284 e. The number of alkyl halides is 3. The molecule has 0 unspecified atom stereocenters. The van der Waals surface area contributed by atoms with E-state index >= 15 is 0 Å². The van der Waals surface area contributed by atoms with Crippen molar-refractivity contribution in [2.45, 2.75) is 6.18 Å². The summed E-state index contributed by atoms with van der Waals surface area (Å²) in [6.45, 7) is 0. The summed E-state index contributed by atoms with van der Waals surface area (Å²) >= 11 is 10.7. The second-order valence-corrected chi connectivity index (χ2v) is 3.11. The molecule has 0 amide bonds. The van der Waals surface area contributed by atoms with Crippen LogP contribution in [0.25, 0.3) is 0 Å². The van der Waals surface area contributed by atoms with Crippen LogP contribution in [0.3, 0.4) is 0 Å². The molecular weight excluding hydrogens is 242 g/mol. The van der Waals surface area contributed by atoms with Crippen molar-refractivity contribution in [3.8, 4) is 0 Å². The van der Waals surface area contributed by atoms with Gasteiger partial charge >= 0.3 is 6.18 Å². The highest BCUT2D eigenvalue weighted by Crippen LogP contribution is 2.26. The molecule has 0 radical (unpaired) electrons. The maximum Gasteiger partial charge on any atom is 0.454 e. The Kier molecular flexibility index (Phi) is 3.01. The number of halogens is 5. The second kappa shape index (κ2) is 3.74. The molecule has 0 N–H and O–H groups in total. The van der Waals surface area contributed by atoms with Gasteiger partial charge in [0.15, 0.2) is 0 Å². The van der Waals surface area contributed by atoms with Gasteiger partial charge in [0, 0.05) is 6.20 Å². The first-order valence-electron chi connectivity index (χ1n) is 3.25. The van der Waals surface area contributed by atoms with E-state index in [1.165, 1.54) is 0 Å². The molecular formula is C7H2Cl2F3NO. The molecule has 0 aliphatic heterocycles. The average molecular weight is 244 g/mol. The van der Waals surface area contributed by atoms with Crippen molar-refractivity contribution in [3.05, 3.63) is 28.0 Å². The van der Waals surface area contributed by atoms with E-state index in [0.717, 1.165) is 12.3 Å². The van der Waals surface area contributed by atoms with Crippen LogP contribution in [-0.4, -0.2) is 16.9 Å². The van der Waals surface area contributed by atoms with Crippen molar-refractivity contribution in [2.24, 2.45) is 0 Å². The van der Waals surface area contributed by atoms with E-state index in [1.54, 1.807) is 0 Å². The quantitative estimate of drug-likeness (QED) is 0.561. The van der Waals surface area contributed by atoms with Crippen LogP contribution >= 0.6 is 23.2 Å². The highest BCUT2D eigenvalue weighted by atomic mass is 35.5. The fourth-order valence-corrected chi connectivity index (χ4v) is 1.08. The van der Waals surface area contributed by atoms with Crippen molar-refractivity contribution in [1.82, 2.24) is 4.98 Å². The van der Waals surface area contributed by atoms with Gasteiger partial charge in [0.25, 0.3) is 5.78 Å². The Bertz CT molecular complexity index is 378. The van der Waals surface area contributed by atoms with E-state index in [1.807, 2.05) is 0 Å². The summed E-state index contributed by atoms with van der Waals surface area (Å²) in [5.41, 5.74) is -0.744. The maximum atomic E-state index is 12.0. The number of ketones is 1. The van der Waals surface area contributed by atoms with Gasteiger partial charge in [-0.05, 0) is 6.07 Å². The van der Waals surface area contributed by atoms with Gasteiger partial charge in [-0.2, -0.15) is 13.2 Å². The lowest BCUT2D eigenvalue weighted by atomic mass is 10.2. The third kappa shape index (κ3) is 2.36. The Balaban J connectivity index is 3.19. The molecule has 0 saturated heterocycles. The summed E-state index contributed by atoms with van der Waals surface area (Å²) in [6, 6.07) is 0.826. The minimum absolute atomic E-state index is 0.0815. The SMILES string of the molecule is O=C(c1cc(Cl)cnc1Cl)C(F)(F)F. The van der Waals surface area contributed by atoms with Gasteiger partial charge in [-0.3, -0.25) is 4.79 Å². The Morgan fingerprint density at radius 3 is 2.43 bits per heavy atom. The van der Waals surface area contributed by atoms with Gasteiger partial charge in [0.2, 0.25) is 0 Å². The van der Waals surface area contributed by atoms with Crippen molar-refractivity contribution < 1.29 is 18.0 Å². The van der Waals surface area contributed by atoms with Crippen LogP contribution in [0, 0.1) is 0 Å². The van der Waals surface area contributed by atoms with Gasteiger partial charge in [0.1, 0.15) is 5.15 Å². The molecule has 0 aliphatic rings. The molecule has 1 heterocycles. The summed E-state index contributed by atoms with van der Waals surface area (Å²) < 4.78 is 35.9. The lowest BCUT2D eigenvalue weighted by molar-refractivity contribution is -0.0885. The fraction of sp³-hybridized carbons (Fsp3) is 0.143. The topological polar surface area (TPSA) is 30.0 Å². The van der Waals surface area contributed by atoms with Gasteiger partial charge in [-0.25, -0.2) is 4.98 Å². The molecule has 1 aromatic rings. The monoisotopic (exact) mass is 243 g/mol. The number of aromatic nitrogens is 1. The standard InChI is InChI=1S/C7H2Cl2F3NO/c8-3-1-4(6(9)13-2-3)5(14)7(10,11)12/h1-2H.